The van der Waals surface area contributed by atoms with Gasteiger partial charge in [0.25, 0.3) is 0 Å². The Hall–Kier alpha value is -0.200. The summed E-state index contributed by atoms with van der Waals surface area (Å²) in [6.45, 7) is 9.36. The Morgan fingerprint density at radius 2 is 1.91 bits per heavy atom. The summed E-state index contributed by atoms with van der Waals surface area (Å²) >= 11 is 0. The highest BCUT2D eigenvalue weighted by molar-refractivity contribution is 5.09. The Morgan fingerprint density at radius 3 is 2.70 bits per heavy atom. The Balaban J connectivity index is 1.70. The summed E-state index contributed by atoms with van der Waals surface area (Å²) < 4.78 is 18.6. The summed E-state index contributed by atoms with van der Waals surface area (Å²) in [6.07, 6.45) is 4.66. The summed E-state index contributed by atoms with van der Waals surface area (Å²) in [7, 11) is 0. The van der Waals surface area contributed by atoms with Gasteiger partial charge in [-0.2, -0.15) is 0 Å². The number of rotatable bonds is 3. The molecule has 5 nitrogen and oxygen atoms in total. The molecule has 5 heteroatoms. The summed E-state index contributed by atoms with van der Waals surface area (Å²) in [5.74, 6) is 0.956. The highest BCUT2D eigenvalue weighted by Crippen LogP contribution is 2.60. The van der Waals surface area contributed by atoms with Gasteiger partial charge in [-0.15, -0.1) is 0 Å². The fourth-order valence-corrected chi connectivity index (χ4v) is 5.30. The van der Waals surface area contributed by atoms with Gasteiger partial charge in [0.15, 0.2) is 18.2 Å². The molecule has 132 valence electrons. The van der Waals surface area contributed by atoms with Crippen molar-refractivity contribution in [2.45, 2.75) is 83.8 Å². The van der Waals surface area contributed by atoms with Crippen LogP contribution >= 0.6 is 0 Å². The van der Waals surface area contributed by atoms with Crippen LogP contribution < -0.4 is 0 Å². The summed E-state index contributed by atoms with van der Waals surface area (Å²) in [4.78, 5) is 11.9. The second-order valence-electron chi connectivity index (χ2n) is 8.14. The maximum atomic E-state index is 6.31. The molecule has 2 bridgehead atoms. The van der Waals surface area contributed by atoms with E-state index in [1.165, 1.54) is 6.42 Å². The highest BCUT2D eigenvalue weighted by Gasteiger charge is 2.69. The molecule has 5 aliphatic rings. The molecule has 0 N–H and O–H groups in total. The van der Waals surface area contributed by atoms with E-state index in [2.05, 4.69) is 20.8 Å². The molecule has 0 aromatic rings. The van der Waals surface area contributed by atoms with Crippen molar-refractivity contribution in [2.75, 3.05) is 6.61 Å². The van der Waals surface area contributed by atoms with Crippen LogP contribution in [0.5, 0.6) is 0 Å². The van der Waals surface area contributed by atoms with Crippen molar-refractivity contribution in [3.63, 3.8) is 0 Å². The van der Waals surface area contributed by atoms with Crippen LogP contribution in [0.25, 0.3) is 0 Å². The van der Waals surface area contributed by atoms with Crippen molar-refractivity contribution in [3.05, 3.63) is 0 Å². The second kappa shape index (κ2) is 5.67. The van der Waals surface area contributed by atoms with Gasteiger partial charge >= 0.3 is 0 Å². The average Bonchev–Trinajstić information content (AvgIpc) is 2.76. The molecule has 5 fully saturated rings. The number of hydrogen-bond donors (Lipinski definition) is 0. The smallest absolute Gasteiger partial charge is 0.201 e. The first-order valence-corrected chi connectivity index (χ1v) is 9.32. The molecule has 1 aliphatic carbocycles. The second-order valence-corrected chi connectivity index (χ2v) is 8.14. The molecule has 4 saturated heterocycles. The summed E-state index contributed by atoms with van der Waals surface area (Å²) in [6, 6.07) is 0. The highest BCUT2D eigenvalue weighted by atomic mass is 17.3. The molecule has 5 rings (SSSR count). The van der Waals surface area contributed by atoms with Gasteiger partial charge < -0.3 is 14.2 Å². The van der Waals surface area contributed by atoms with E-state index < -0.39 is 11.4 Å². The van der Waals surface area contributed by atoms with E-state index in [0.717, 1.165) is 32.3 Å². The molecule has 1 saturated carbocycles. The molecule has 0 unspecified atom stereocenters. The van der Waals surface area contributed by atoms with Crippen LogP contribution in [0.4, 0.5) is 0 Å². The van der Waals surface area contributed by atoms with Crippen molar-refractivity contribution >= 4 is 0 Å². The van der Waals surface area contributed by atoms with E-state index in [4.69, 9.17) is 24.0 Å². The molecule has 1 spiro atoms. The quantitative estimate of drug-likeness (QED) is 0.741. The standard InChI is InChI=1S/C18H30O5/c1-5-10-19-15-12(3)14-7-6-11(2)13-8-9-17(4)21-16(20-15)18(13,14)23-22-17/h11-16H,5-10H2,1-4H3/t11-,12+,13+,14+,15-,16-,17+,18-/m1/s1. The normalized spacial score (nSPS) is 55.3. The molecule has 0 radical (unpaired) electrons. The van der Waals surface area contributed by atoms with Gasteiger partial charge in [0.1, 0.15) is 0 Å². The average molecular weight is 326 g/mol. The molecule has 8 atom stereocenters. The van der Waals surface area contributed by atoms with Crippen LogP contribution in [0.2, 0.25) is 0 Å². The van der Waals surface area contributed by atoms with Crippen molar-refractivity contribution in [1.82, 2.24) is 0 Å². The van der Waals surface area contributed by atoms with E-state index in [1.807, 2.05) is 6.92 Å². The third-order valence-corrected chi connectivity index (χ3v) is 6.58. The zero-order valence-corrected chi connectivity index (χ0v) is 14.7. The zero-order valence-electron chi connectivity index (χ0n) is 14.7. The molecule has 4 heterocycles. The Kier molecular flexibility index (Phi) is 4.01. The predicted molar refractivity (Wildman–Crippen MR) is 83.1 cm³/mol. The summed E-state index contributed by atoms with van der Waals surface area (Å²) in [5, 5.41) is 0. The first kappa shape index (κ1) is 16.3. The maximum absolute atomic E-state index is 6.31. The lowest BCUT2D eigenvalue weighted by Gasteiger charge is -2.60. The van der Waals surface area contributed by atoms with Crippen LogP contribution in [0.1, 0.15) is 59.8 Å². The first-order valence-electron chi connectivity index (χ1n) is 9.32. The Labute approximate surface area is 138 Å². The van der Waals surface area contributed by atoms with Gasteiger partial charge in [-0.1, -0.05) is 20.8 Å². The lowest BCUT2D eigenvalue weighted by atomic mass is 9.58. The van der Waals surface area contributed by atoms with Gasteiger partial charge in [0.05, 0.1) is 0 Å². The van der Waals surface area contributed by atoms with E-state index in [-0.39, 0.29) is 18.5 Å². The minimum Gasteiger partial charge on any atom is -0.352 e. The Bertz CT molecular complexity index is 457. The number of hydrogen-bond acceptors (Lipinski definition) is 5. The third kappa shape index (κ3) is 2.31. The van der Waals surface area contributed by atoms with E-state index in [0.29, 0.717) is 17.8 Å². The van der Waals surface area contributed by atoms with Gasteiger partial charge in [-0.25, -0.2) is 9.78 Å². The van der Waals surface area contributed by atoms with Crippen LogP contribution in [0.15, 0.2) is 0 Å². The molecule has 0 aromatic heterocycles. The lowest BCUT2D eigenvalue weighted by Crippen LogP contribution is -2.70. The largest absolute Gasteiger partial charge is 0.352 e. The minimum absolute atomic E-state index is 0.212. The fourth-order valence-electron chi connectivity index (χ4n) is 5.30. The first-order chi connectivity index (χ1) is 11.0. The van der Waals surface area contributed by atoms with Gasteiger partial charge in [-0.3, -0.25) is 0 Å². The maximum Gasteiger partial charge on any atom is 0.201 e. The number of ether oxygens (including phenoxy) is 3. The predicted octanol–water partition coefficient (Wildman–Crippen LogP) is 3.62. The van der Waals surface area contributed by atoms with E-state index >= 15 is 0 Å². The SMILES string of the molecule is CCCO[C@@H]1O[C@@H]2O[C@]3(C)CC[C@H]4[C@H](C)CC[C@@H]([C@@H]1C)[C@@]24OO3. The monoisotopic (exact) mass is 326 g/mol. The lowest BCUT2D eigenvalue weighted by molar-refractivity contribution is -0.577. The topological polar surface area (TPSA) is 46.2 Å². The van der Waals surface area contributed by atoms with Gasteiger partial charge in [0, 0.05) is 24.9 Å². The van der Waals surface area contributed by atoms with Crippen LogP contribution in [-0.2, 0) is 24.0 Å². The van der Waals surface area contributed by atoms with E-state index in [1.54, 1.807) is 0 Å². The molecule has 23 heavy (non-hydrogen) atoms. The van der Waals surface area contributed by atoms with Crippen molar-refractivity contribution in [1.29, 1.82) is 0 Å². The van der Waals surface area contributed by atoms with Crippen molar-refractivity contribution < 1.29 is 24.0 Å². The molecular formula is C18H30O5. The van der Waals surface area contributed by atoms with Crippen molar-refractivity contribution in [2.24, 2.45) is 23.7 Å². The van der Waals surface area contributed by atoms with Gasteiger partial charge in [0.2, 0.25) is 5.79 Å². The molecule has 0 amide bonds. The summed E-state index contributed by atoms with van der Waals surface area (Å²) in [5.41, 5.74) is -0.473. The molecule has 4 aliphatic heterocycles. The van der Waals surface area contributed by atoms with E-state index in [9.17, 15) is 0 Å². The van der Waals surface area contributed by atoms with Crippen LogP contribution in [0, 0.1) is 23.7 Å². The van der Waals surface area contributed by atoms with Gasteiger partial charge in [-0.05, 0) is 44.4 Å². The number of fused-ring (bicyclic) bond motifs is 2. The van der Waals surface area contributed by atoms with Crippen LogP contribution in [-0.4, -0.2) is 30.6 Å². The zero-order chi connectivity index (χ0) is 16.2. The Morgan fingerprint density at radius 1 is 1.09 bits per heavy atom. The molecular weight excluding hydrogens is 296 g/mol. The third-order valence-electron chi connectivity index (χ3n) is 6.58. The van der Waals surface area contributed by atoms with Crippen molar-refractivity contribution in [3.8, 4) is 0 Å². The fraction of sp³-hybridized carbons (Fsp3) is 1.00. The molecule has 0 aromatic carbocycles. The van der Waals surface area contributed by atoms with Crippen LogP contribution in [0.3, 0.4) is 0 Å². The minimum atomic E-state index is -0.701.